The van der Waals surface area contributed by atoms with Crippen molar-refractivity contribution in [3.8, 4) is 0 Å². The van der Waals surface area contributed by atoms with E-state index in [0.29, 0.717) is 11.4 Å². The monoisotopic (exact) mass is 390 g/mol. The fourth-order valence-corrected chi connectivity index (χ4v) is 2.87. The predicted molar refractivity (Wildman–Crippen MR) is 130 cm³/mol. The van der Waals surface area contributed by atoms with E-state index >= 15 is 0 Å². The third-order valence-corrected chi connectivity index (χ3v) is 4.53. The summed E-state index contributed by atoms with van der Waals surface area (Å²) in [4.78, 5) is 0. The summed E-state index contributed by atoms with van der Waals surface area (Å²) in [6, 6.07) is 40.1. The summed E-state index contributed by atoms with van der Waals surface area (Å²) in [5.74, 6) is 0. The largest absolute Gasteiger partial charge is 0.397 e. The van der Waals surface area contributed by atoms with Crippen LogP contribution in [0.3, 0.4) is 0 Å². The van der Waals surface area contributed by atoms with Gasteiger partial charge in [-0.1, -0.05) is 133 Å². The summed E-state index contributed by atoms with van der Waals surface area (Å²) in [6.07, 6.45) is 4.24. The predicted octanol–water partition coefficient (Wildman–Crippen LogP) is 6.29. The molecule has 0 saturated heterocycles. The third kappa shape index (κ3) is 6.25. The normalized spacial score (nSPS) is 11.3. The molecule has 0 saturated carbocycles. The molecule has 30 heavy (non-hydrogen) atoms. The molecule has 4 N–H and O–H groups in total. The Bertz CT molecular complexity index is 980. The molecule has 0 aromatic heterocycles. The van der Waals surface area contributed by atoms with Gasteiger partial charge in [-0.05, 0) is 22.3 Å². The van der Waals surface area contributed by atoms with Gasteiger partial charge in [0.25, 0.3) is 0 Å². The molecule has 4 rings (SSSR count). The fraction of sp³-hybridized carbons (Fsp3) is 0. The van der Waals surface area contributed by atoms with E-state index in [1.807, 2.05) is 97.1 Å². The highest BCUT2D eigenvalue weighted by Gasteiger charge is 2.03. The van der Waals surface area contributed by atoms with Crippen LogP contribution < -0.4 is 11.5 Å². The molecule has 0 fully saturated rings. The first kappa shape index (κ1) is 20.7. The van der Waals surface area contributed by atoms with E-state index in [9.17, 15) is 0 Å². The maximum absolute atomic E-state index is 6.03. The number of hydrogen-bond donors (Lipinski definition) is 2. The lowest BCUT2D eigenvalue weighted by molar-refractivity contribution is 1.45. The molecule has 4 aromatic carbocycles. The first-order chi connectivity index (χ1) is 14.7. The van der Waals surface area contributed by atoms with E-state index in [0.717, 1.165) is 11.1 Å². The molecule has 148 valence electrons. The highest BCUT2D eigenvalue weighted by molar-refractivity contribution is 5.87. The van der Waals surface area contributed by atoms with Crippen molar-refractivity contribution < 1.29 is 0 Å². The Labute approximate surface area is 178 Å². The molecule has 0 unspecified atom stereocenters. The van der Waals surface area contributed by atoms with Gasteiger partial charge in [0.15, 0.2) is 0 Å². The molecule has 2 heteroatoms. The zero-order chi connectivity index (χ0) is 21.0. The molecule has 0 aliphatic carbocycles. The van der Waals surface area contributed by atoms with Gasteiger partial charge in [-0.25, -0.2) is 0 Å². The smallest absolute Gasteiger partial charge is 0.0627 e. The van der Waals surface area contributed by atoms with E-state index in [-0.39, 0.29) is 0 Å². The maximum Gasteiger partial charge on any atom is 0.0627 e. The lowest BCUT2D eigenvalue weighted by Crippen LogP contribution is -2.07. The van der Waals surface area contributed by atoms with Gasteiger partial charge in [-0.2, -0.15) is 0 Å². The minimum atomic E-state index is 0.617. The van der Waals surface area contributed by atoms with Gasteiger partial charge in [0.05, 0.1) is 11.4 Å². The summed E-state index contributed by atoms with van der Waals surface area (Å²) >= 11 is 0. The van der Waals surface area contributed by atoms with E-state index in [1.54, 1.807) is 0 Å². The highest BCUT2D eigenvalue weighted by atomic mass is 14.7. The zero-order valence-electron chi connectivity index (χ0n) is 16.9. The van der Waals surface area contributed by atoms with E-state index < -0.39 is 0 Å². The first-order valence-corrected chi connectivity index (χ1v) is 9.88. The van der Waals surface area contributed by atoms with Crippen LogP contribution >= 0.6 is 0 Å². The standard InChI is InChI=1S/C14H14N2.C14H12/c15-13(11-7-3-1-4-8-11)14(16)12-9-5-2-6-10-12;1-3-7-13(8-4-1)11-12-14-9-5-2-6-10-14/h1-10H,15-16H2;1-12H. The van der Waals surface area contributed by atoms with Crippen LogP contribution in [0.4, 0.5) is 0 Å². The Morgan fingerprint density at radius 2 is 0.667 bits per heavy atom. The molecule has 0 spiro atoms. The third-order valence-electron chi connectivity index (χ3n) is 4.53. The quantitative estimate of drug-likeness (QED) is 0.403. The number of rotatable bonds is 4. The minimum absolute atomic E-state index is 0.617. The van der Waals surface area contributed by atoms with Crippen LogP contribution in [0.25, 0.3) is 23.5 Å². The van der Waals surface area contributed by atoms with Crippen molar-refractivity contribution in [1.82, 2.24) is 0 Å². The molecular weight excluding hydrogens is 364 g/mol. The second kappa shape index (κ2) is 11.1. The zero-order valence-corrected chi connectivity index (χ0v) is 16.9. The van der Waals surface area contributed by atoms with Crippen LogP contribution in [0.2, 0.25) is 0 Å². The second-order valence-corrected chi connectivity index (χ2v) is 6.71. The molecule has 4 aromatic rings. The molecule has 0 aliphatic heterocycles. The molecule has 2 nitrogen and oxygen atoms in total. The number of nitrogens with two attached hydrogens (primary N) is 2. The van der Waals surface area contributed by atoms with Crippen LogP contribution in [0.1, 0.15) is 22.3 Å². The Morgan fingerprint density at radius 3 is 0.967 bits per heavy atom. The van der Waals surface area contributed by atoms with Crippen molar-refractivity contribution in [3.05, 3.63) is 144 Å². The fourth-order valence-electron chi connectivity index (χ4n) is 2.87. The Morgan fingerprint density at radius 1 is 0.400 bits per heavy atom. The molecule has 0 radical (unpaired) electrons. The summed E-state index contributed by atoms with van der Waals surface area (Å²) in [7, 11) is 0. The van der Waals surface area contributed by atoms with Crippen LogP contribution in [0, 0.1) is 0 Å². The van der Waals surface area contributed by atoms with Crippen molar-refractivity contribution in [2.45, 2.75) is 0 Å². The SMILES string of the molecule is C(=Cc1ccccc1)c1ccccc1.NC(=C(N)c1ccccc1)c1ccccc1. The molecule has 0 heterocycles. The summed E-state index contributed by atoms with van der Waals surface area (Å²) in [5, 5.41) is 0. The summed E-state index contributed by atoms with van der Waals surface area (Å²) < 4.78 is 0. The van der Waals surface area contributed by atoms with Crippen molar-refractivity contribution in [1.29, 1.82) is 0 Å². The van der Waals surface area contributed by atoms with Crippen molar-refractivity contribution in [3.63, 3.8) is 0 Å². The van der Waals surface area contributed by atoms with Crippen LogP contribution in [-0.2, 0) is 0 Å². The van der Waals surface area contributed by atoms with Gasteiger partial charge < -0.3 is 11.5 Å². The molecule has 0 amide bonds. The first-order valence-electron chi connectivity index (χ1n) is 9.88. The van der Waals surface area contributed by atoms with Gasteiger partial charge in [-0.3, -0.25) is 0 Å². The Hall–Kier alpha value is -4.04. The van der Waals surface area contributed by atoms with Crippen molar-refractivity contribution >= 4 is 23.5 Å². The van der Waals surface area contributed by atoms with E-state index in [4.69, 9.17) is 11.5 Å². The van der Waals surface area contributed by atoms with Gasteiger partial charge in [0, 0.05) is 0 Å². The van der Waals surface area contributed by atoms with Crippen molar-refractivity contribution in [2.75, 3.05) is 0 Å². The average Bonchev–Trinajstić information content (AvgIpc) is 2.84. The van der Waals surface area contributed by atoms with Gasteiger partial charge >= 0.3 is 0 Å². The van der Waals surface area contributed by atoms with Crippen LogP contribution in [0.5, 0.6) is 0 Å². The van der Waals surface area contributed by atoms with Crippen molar-refractivity contribution in [2.24, 2.45) is 11.5 Å². The molecule has 0 aliphatic rings. The lowest BCUT2D eigenvalue weighted by atomic mass is 10.1. The maximum atomic E-state index is 6.03. The van der Waals surface area contributed by atoms with Crippen LogP contribution in [0.15, 0.2) is 121 Å². The molecule has 0 bridgehead atoms. The summed E-state index contributed by atoms with van der Waals surface area (Å²) in [5.41, 5.74) is 17.6. The summed E-state index contributed by atoms with van der Waals surface area (Å²) in [6.45, 7) is 0. The topological polar surface area (TPSA) is 52.0 Å². The number of benzene rings is 4. The number of hydrogen-bond acceptors (Lipinski definition) is 2. The second-order valence-electron chi connectivity index (χ2n) is 6.71. The average molecular weight is 391 g/mol. The molecular formula is C28H26N2. The minimum Gasteiger partial charge on any atom is -0.397 e. The Kier molecular flexibility index (Phi) is 7.64. The Balaban J connectivity index is 0.000000172. The van der Waals surface area contributed by atoms with Gasteiger partial charge in [0.2, 0.25) is 0 Å². The highest BCUT2D eigenvalue weighted by Crippen LogP contribution is 2.17. The van der Waals surface area contributed by atoms with Crippen LogP contribution in [-0.4, -0.2) is 0 Å². The lowest BCUT2D eigenvalue weighted by Gasteiger charge is -2.07. The van der Waals surface area contributed by atoms with E-state index in [2.05, 4.69) is 36.4 Å². The van der Waals surface area contributed by atoms with E-state index in [1.165, 1.54) is 11.1 Å². The molecule has 0 atom stereocenters. The van der Waals surface area contributed by atoms with Gasteiger partial charge in [0.1, 0.15) is 0 Å². The van der Waals surface area contributed by atoms with Gasteiger partial charge in [-0.15, -0.1) is 0 Å².